The van der Waals surface area contributed by atoms with Crippen molar-refractivity contribution in [1.29, 1.82) is 0 Å². The first-order chi connectivity index (χ1) is 12.2. The van der Waals surface area contributed by atoms with Crippen molar-refractivity contribution in [2.75, 3.05) is 0 Å². The van der Waals surface area contributed by atoms with E-state index in [1.165, 1.54) is 23.9 Å². The summed E-state index contributed by atoms with van der Waals surface area (Å²) in [6.45, 7) is 0.203. The van der Waals surface area contributed by atoms with Crippen LogP contribution in [0.15, 0.2) is 81.9 Å². The first-order valence-corrected chi connectivity index (χ1v) is 8.68. The molecule has 6 heteroatoms. The third-order valence-corrected chi connectivity index (χ3v) is 4.51. The number of pyridine rings is 1. The Hall–Kier alpha value is -2.37. The first-order valence-electron chi connectivity index (χ1n) is 7.49. The summed E-state index contributed by atoms with van der Waals surface area (Å²) in [7, 11) is 0. The van der Waals surface area contributed by atoms with E-state index < -0.39 is 0 Å². The SMILES string of the molecule is Fc1cccc(CON=Cc2cccnc2Sc2ccc(Cl)cc2)c1. The summed E-state index contributed by atoms with van der Waals surface area (Å²) in [6, 6.07) is 17.5. The van der Waals surface area contributed by atoms with Crippen molar-refractivity contribution in [2.45, 2.75) is 16.5 Å². The van der Waals surface area contributed by atoms with Gasteiger partial charge in [0.2, 0.25) is 0 Å². The highest BCUT2D eigenvalue weighted by Gasteiger charge is 2.04. The molecule has 3 nitrogen and oxygen atoms in total. The van der Waals surface area contributed by atoms with Gasteiger partial charge in [-0.3, -0.25) is 0 Å². The van der Waals surface area contributed by atoms with Gasteiger partial charge >= 0.3 is 0 Å². The van der Waals surface area contributed by atoms with Gasteiger partial charge in [-0.2, -0.15) is 0 Å². The van der Waals surface area contributed by atoms with E-state index in [4.69, 9.17) is 16.4 Å². The maximum Gasteiger partial charge on any atom is 0.142 e. The Labute approximate surface area is 154 Å². The van der Waals surface area contributed by atoms with Gasteiger partial charge in [0.25, 0.3) is 0 Å². The number of hydrogen-bond donors (Lipinski definition) is 0. The highest BCUT2D eigenvalue weighted by molar-refractivity contribution is 7.99. The second-order valence-electron chi connectivity index (χ2n) is 5.09. The number of hydrogen-bond acceptors (Lipinski definition) is 4. The van der Waals surface area contributed by atoms with Gasteiger partial charge in [-0.25, -0.2) is 9.37 Å². The number of halogens is 2. The van der Waals surface area contributed by atoms with Crippen molar-refractivity contribution in [1.82, 2.24) is 4.98 Å². The predicted molar refractivity (Wildman–Crippen MR) is 98.6 cm³/mol. The molecule has 3 rings (SSSR count). The second kappa shape index (κ2) is 8.65. The molecule has 0 amide bonds. The molecule has 126 valence electrons. The topological polar surface area (TPSA) is 34.5 Å². The highest BCUT2D eigenvalue weighted by Crippen LogP contribution is 2.28. The molecular weight excluding hydrogens is 359 g/mol. The largest absolute Gasteiger partial charge is 0.391 e. The predicted octanol–water partition coefficient (Wildman–Crippen LogP) is 5.58. The van der Waals surface area contributed by atoms with Gasteiger partial charge in [-0.05, 0) is 54.1 Å². The van der Waals surface area contributed by atoms with Crippen LogP contribution in [0.4, 0.5) is 4.39 Å². The Morgan fingerprint density at radius 3 is 2.76 bits per heavy atom. The third kappa shape index (κ3) is 5.31. The maximum atomic E-state index is 13.1. The molecule has 0 radical (unpaired) electrons. The molecule has 0 saturated heterocycles. The molecule has 2 aromatic carbocycles. The molecular formula is C19H14ClFN2OS. The molecule has 0 unspecified atom stereocenters. The lowest BCUT2D eigenvalue weighted by Gasteiger charge is -2.04. The van der Waals surface area contributed by atoms with Crippen molar-refractivity contribution in [3.05, 3.63) is 88.8 Å². The van der Waals surface area contributed by atoms with Crippen molar-refractivity contribution in [2.24, 2.45) is 5.16 Å². The normalized spacial score (nSPS) is 11.0. The Balaban J connectivity index is 1.65. The lowest BCUT2D eigenvalue weighted by Crippen LogP contribution is -1.92. The van der Waals surface area contributed by atoms with E-state index in [9.17, 15) is 4.39 Å². The zero-order valence-corrected chi connectivity index (χ0v) is 14.7. The maximum absolute atomic E-state index is 13.1. The zero-order chi connectivity index (χ0) is 17.5. The summed E-state index contributed by atoms with van der Waals surface area (Å²) in [4.78, 5) is 10.7. The smallest absolute Gasteiger partial charge is 0.142 e. The van der Waals surface area contributed by atoms with Crippen LogP contribution in [0.1, 0.15) is 11.1 Å². The molecule has 0 aliphatic heterocycles. The Morgan fingerprint density at radius 2 is 1.96 bits per heavy atom. The van der Waals surface area contributed by atoms with E-state index in [0.29, 0.717) is 5.02 Å². The van der Waals surface area contributed by atoms with E-state index in [-0.39, 0.29) is 12.4 Å². The average molecular weight is 373 g/mol. The van der Waals surface area contributed by atoms with Gasteiger partial charge in [0.05, 0.1) is 6.21 Å². The fraction of sp³-hybridized carbons (Fsp3) is 0.0526. The van der Waals surface area contributed by atoms with Crippen LogP contribution in [0.2, 0.25) is 5.02 Å². The quantitative estimate of drug-likeness (QED) is 0.418. The molecule has 0 aliphatic carbocycles. The highest BCUT2D eigenvalue weighted by atomic mass is 35.5. The summed E-state index contributed by atoms with van der Waals surface area (Å²) in [5.41, 5.74) is 1.56. The molecule has 0 saturated carbocycles. The van der Waals surface area contributed by atoms with Crippen molar-refractivity contribution in [3.8, 4) is 0 Å². The summed E-state index contributed by atoms with van der Waals surface area (Å²) in [6.07, 6.45) is 3.33. The molecule has 1 heterocycles. The number of rotatable bonds is 6. The number of nitrogens with zero attached hydrogens (tertiary/aromatic N) is 2. The number of aromatic nitrogens is 1. The van der Waals surface area contributed by atoms with Crippen LogP contribution in [0.25, 0.3) is 0 Å². The minimum absolute atomic E-state index is 0.203. The zero-order valence-electron chi connectivity index (χ0n) is 13.1. The molecule has 3 aromatic rings. The summed E-state index contributed by atoms with van der Waals surface area (Å²) in [5.74, 6) is -0.293. The Kier molecular flexibility index (Phi) is 6.04. The minimum atomic E-state index is -0.293. The van der Waals surface area contributed by atoms with Crippen molar-refractivity contribution in [3.63, 3.8) is 0 Å². The lowest BCUT2D eigenvalue weighted by atomic mass is 10.2. The number of oxime groups is 1. The molecule has 0 bridgehead atoms. The van der Waals surface area contributed by atoms with Crippen molar-refractivity contribution < 1.29 is 9.23 Å². The van der Waals surface area contributed by atoms with Crippen LogP contribution in [-0.4, -0.2) is 11.2 Å². The van der Waals surface area contributed by atoms with Gasteiger partial charge in [0.1, 0.15) is 17.5 Å². The van der Waals surface area contributed by atoms with Crippen LogP contribution in [0, 0.1) is 5.82 Å². The molecule has 0 atom stereocenters. The van der Waals surface area contributed by atoms with E-state index in [1.807, 2.05) is 36.4 Å². The Bertz CT molecular complexity index is 871. The number of benzene rings is 2. The molecule has 1 aromatic heterocycles. The fourth-order valence-electron chi connectivity index (χ4n) is 2.03. The van der Waals surface area contributed by atoms with Gasteiger partial charge in [0, 0.05) is 21.7 Å². The standard InChI is InChI=1S/C19H14ClFN2OS/c20-16-6-8-18(9-7-16)25-19-15(4-2-10-22-19)12-23-24-13-14-3-1-5-17(21)11-14/h1-12H,13H2. The molecule has 0 spiro atoms. The van der Waals surface area contributed by atoms with E-state index >= 15 is 0 Å². The van der Waals surface area contributed by atoms with Crippen LogP contribution >= 0.6 is 23.4 Å². The van der Waals surface area contributed by atoms with Gasteiger partial charge in [-0.15, -0.1) is 0 Å². The Morgan fingerprint density at radius 1 is 1.12 bits per heavy atom. The molecule has 0 aliphatic rings. The summed E-state index contributed by atoms with van der Waals surface area (Å²) in [5, 5.41) is 5.46. The van der Waals surface area contributed by atoms with Crippen LogP contribution in [0.5, 0.6) is 0 Å². The minimum Gasteiger partial charge on any atom is -0.391 e. The van der Waals surface area contributed by atoms with Gasteiger partial charge in [-0.1, -0.05) is 40.7 Å². The third-order valence-electron chi connectivity index (χ3n) is 3.22. The van der Waals surface area contributed by atoms with E-state index in [2.05, 4.69) is 10.1 Å². The summed E-state index contributed by atoms with van der Waals surface area (Å²) >= 11 is 7.42. The lowest BCUT2D eigenvalue weighted by molar-refractivity contribution is 0.132. The fourth-order valence-corrected chi connectivity index (χ4v) is 3.01. The van der Waals surface area contributed by atoms with Crippen LogP contribution in [-0.2, 0) is 11.4 Å². The summed E-state index contributed by atoms with van der Waals surface area (Å²) < 4.78 is 13.1. The monoisotopic (exact) mass is 372 g/mol. The second-order valence-corrected chi connectivity index (χ2v) is 6.59. The van der Waals surface area contributed by atoms with Crippen LogP contribution in [0.3, 0.4) is 0 Å². The molecule has 0 fully saturated rings. The molecule has 0 N–H and O–H groups in total. The van der Waals surface area contributed by atoms with Crippen molar-refractivity contribution >= 4 is 29.6 Å². The molecule has 25 heavy (non-hydrogen) atoms. The van der Waals surface area contributed by atoms with E-state index in [1.54, 1.807) is 24.5 Å². The van der Waals surface area contributed by atoms with Gasteiger partial charge < -0.3 is 4.84 Å². The average Bonchev–Trinajstić information content (AvgIpc) is 2.62. The first kappa shape index (κ1) is 17.5. The van der Waals surface area contributed by atoms with Crippen LogP contribution < -0.4 is 0 Å². The van der Waals surface area contributed by atoms with E-state index in [0.717, 1.165) is 21.0 Å². The van der Waals surface area contributed by atoms with Gasteiger partial charge in [0.15, 0.2) is 0 Å².